The number of amides is 1. The molecule has 3 aromatic rings. The Morgan fingerprint density at radius 2 is 1.79 bits per heavy atom. The first-order valence-electron chi connectivity index (χ1n) is 8.44. The topological polar surface area (TPSA) is 88.2 Å². The molecule has 0 fully saturated rings. The number of carbonyl (C=O) groups is 1. The predicted octanol–water partition coefficient (Wildman–Crippen LogP) is 2.80. The van der Waals surface area contributed by atoms with Gasteiger partial charge in [0, 0.05) is 24.0 Å². The standard InChI is InChI=1S/C19H18FN3O3S2/c20-16-8-6-15(7-9-16)19-23-17(13-27-19)18(24)21-10-11-28(25,26)22-12-14-4-2-1-3-5-14/h1-9,13,22H,10-12H2,(H,21,24). The highest BCUT2D eigenvalue weighted by Gasteiger charge is 2.14. The van der Waals surface area contributed by atoms with Gasteiger partial charge in [-0.3, -0.25) is 4.79 Å². The van der Waals surface area contributed by atoms with Crippen LogP contribution in [0.3, 0.4) is 0 Å². The Bertz CT molecular complexity index is 1040. The molecule has 1 heterocycles. The first-order valence-corrected chi connectivity index (χ1v) is 11.0. The van der Waals surface area contributed by atoms with E-state index in [4.69, 9.17) is 0 Å². The van der Waals surface area contributed by atoms with Crippen LogP contribution >= 0.6 is 11.3 Å². The summed E-state index contributed by atoms with van der Waals surface area (Å²) < 4.78 is 39.5. The lowest BCUT2D eigenvalue weighted by atomic mass is 10.2. The van der Waals surface area contributed by atoms with E-state index in [0.29, 0.717) is 10.6 Å². The molecule has 1 amide bonds. The molecule has 0 aliphatic carbocycles. The number of sulfonamides is 1. The van der Waals surface area contributed by atoms with E-state index in [1.54, 1.807) is 17.5 Å². The van der Waals surface area contributed by atoms with E-state index >= 15 is 0 Å². The predicted molar refractivity (Wildman–Crippen MR) is 107 cm³/mol. The van der Waals surface area contributed by atoms with Gasteiger partial charge in [-0.1, -0.05) is 30.3 Å². The molecule has 0 saturated heterocycles. The summed E-state index contributed by atoms with van der Waals surface area (Å²) in [5.74, 6) is -1.04. The Morgan fingerprint density at radius 1 is 1.07 bits per heavy atom. The lowest BCUT2D eigenvalue weighted by molar-refractivity contribution is 0.0952. The number of nitrogens with zero attached hydrogens (tertiary/aromatic N) is 1. The van der Waals surface area contributed by atoms with Crippen molar-refractivity contribution in [2.24, 2.45) is 0 Å². The lowest BCUT2D eigenvalue weighted by Crippen LogP contribution is -2.34. The smallest absolute Gasteiger partial charge is 0.270 e. The Kier molecular flexibility index (Phi) is 6.50. The number of benzene rings is 2. The third-order valence-corrected chi connectivity index (χ3v) is 6.04. The Balaban J connectivity index is 1.49. The Morgan fingerprint density at radius 3 is 2.50 bits per heavy atom. The molecule has 3 rings (SSSR count). The second-order valence-corrected chi connectivity index (χ2v) is 8.71. The van der Waals surface area contributed by atoms with Gasteiger partial charge in [0.25, 0.3) is 5.91 Å². The monoisotopic (exact) mass is 419 g/mol. The number of hydrogen-bond donors (Lipinski definition) is 2. The van der Waals surface area contributed by atoms with E-state index in [0.717, 1.165) is 5.56 Å². The fourth-order valence-electron chi connectivity index (χ4n) is 2.35. The molecule has 0 bridgehead atoms. The summed E-state index contributed by atoms with van der Waals surface area (Å²) in [6.07, 6.45) is 0. The number of aromatic nitrogens is 1. The second kappa shape index (κ2) is 9.05. The fourth-order valence-corrected chi connectivity index (χ4v) is 4.06. The molecule has 9 heteroatoms. The number of hydrogen-bond acceptors (Lipinski definition) is 5. The van der Waals surface area contributed by atoms with E-state index in [1.807, 2.05) is 30.3 Å². The second-order valence-electron chi connectivity index (χ2n) is 5.93. The number of halogens is 1. The molecule has 2 aromatic carbocycles. The normalized spacial score (nSPS) is 11.3. The molecular weight excluding hydrogens is 401 g/mol. The zero-order chi connectivity index (χ0) is 20.0. The minimum Gasteiger partial charge on any atom is -0.350 e. The molecule has 0 radical (unpaired) electrons. The molecule has 0 spiro atoms. The van der Waals surface area contributed by atoms with Gasteiger partial charge < -0.3 is 5.32 Å². The van der Waals surface area contributed by atoms with Crippen LogP contribution in [0.25, 0.3) is 10.6 Å². The molecule has 2 N–H and O–H groups in total. The quantitative estimate of drug-likeness (QED) is 0.588. The summed E-state index contributed by atoms with van der Waals surface area (Å²) in [6, 6.07) is 15.0. The van der Waals surface area contributed by atoms with E-state index in [2.05, 4.69) is 15.0 Å². The van der Waals surface area contributed by atoms with Gasteiger partial charge in [0.2, 0.25) is 10.0 Å². The summed E-state index contributed by atoms with van der Waals surface area (Å²) in [5, 5.41) is 4.72. The lowest BCUT2D eigenvalue weighted by Gasteiger charge is -2.07. The molecule has 1 aromatic heterocycles. The van der Waals surface area contributed by atoms with Crippen molar-refractivity contribution in [3.05, 3.63) is 77.1 Å². The SMILES string of the molecule is O=C(NCCS(=O)(=O)NCc1ccccc1)c1csc(-c2ccc(F)cc2)n1. The number of nitrogens with one attached hydrogen (secondary N) is 2. The van der Waals surface area contributed by atoms with Crippen LogP contribution in [-0.2, 0) is 16.6 Å². The summed E-state index contributed by atoms with van der Waals surface area (Å²) >= 11 is 1.26. The van der Waals surface area contributed by atoms with Gasteiger partial charge >= 0.3 is 0 Å². The van der Waals surface area contributed by atoms with E-state index in [9.17, 15) is 17.6 Å². The van der Waals surface area contributed by atoms with Crippen LogP contribution in [0.1, 0.15) is 16.1 Å². The molecule has 28 heavy (non-hydrogen) atoms. The molecule has 146 valence electrons. The van der Waals surface area contributed by atoms with Gasteiger partial charge in [0.05, 0.1) is 5.75 Å². The fraction of sp³-hybridized carbons (Fsp3) is 0.158. The van der Waals surface area contributed by atoms with Gasteiger partial charge in [-0.15, -0.1) is 11.3 Å². The molecule has 6 nitrogen and oxygen atoms in total. The van der Waals surface area contributed by atoms with Gasteiger partial charge in [0.1, 0.15) is 16.5 Å². The van der Waals surface area contributed by atoms with Crippen LogP contribution in [0, 0.1) is 5.82 Å². The summed E-state index contributed by atoms with van der Waals surface area (Å²) in [4.78, 5) is 16.4. The summed E-state index contributed by atoms with van der Waals surface area (Å²) in [5.41, 5.74) is 1.75. The highest BCUT2D eigenvalue weighted by Crippen LogP contribution is 2.23. The van der Waals surface area contributed by atoms with Gasteiger partial charge in [0.15, 0.2) is 0 Å². The third-order valence-electron chi connectivity index (χ3n) is 3.82. The van der Waals surface area contributed by atoms with Gasteiger partial charge in [-0.2, -0.15) is 0 Å². The van der Waals surface area contributed by atoms with E-state index in [-0.39, 0.29) is 30.4 Å². The van der Waals surface area contributed by atoms with Crippen molar-refractivity contribution in [2.75, 3.05) is 12.3 Å². The average molecular weight is 420 g/mol. The number of carbonyl (C=O) groups excluding carboxylic acids is 1. The van der Waals surface area contributed by atoms with E-state index in [1.165, 1.54) is 23.5 Å². The Labute approximate surface area is 166 Å². The van der Waals surface area contributed by atoms with Crippen molar-refractivity contribution in [2.45, 2.75) is 6.54 Å². The molecule has 0 aliphatic rings. The summed E-state index contributed by atoms with van der Waals surface area (Å²) in [7, 11) is -3.52. The average Bonchev–Trinajstić information content (AvgIpc) is 3.18. The van der Waals surface area contributed by atoms with Crippen molar-refractivity contribution < 1.29 is 17.6 Å². The maximum Gasteiger partial charge on any atom is 0.270 e. The van der Waals surface area contributed by atoms with Crippen LogP contribution in [-0.4, -0.2) is 31.6 Å². The number of thiazole rings is 1. The Hall–Kier alpha value is -2.62. The third kappa shape index (κ3) is 5.69. The molecule has 0 unspecified atom stereocenters. The molecular formula is C19H18FN3O3S2. The maximum atomic E-state index is 13.0. The molecule has 0 atom stereocenters. The van der Waals surface area contributed by atoms with Crippen molar-refractivity contribution in [3.63, 3.8) is 0 Å². The van der Waals surface area contributed by atoms with E-state index < -0.39 is 15.9 Å². The van der Waals surface area contributed by atoms with Crippen molar-refractivity contribution >= 4 is 27.3 Å². The summed E-state index contributed by atoms with van der Waals surface area (Å²) in [6.45, 7) is 0.163. The van der Waals surface area contributed by atoms with Crippen LogP contribution < -0.4 is 10.0 Å². The van der Waals surface area contributed by atoms with Gasteiger partial charge in [-0.25, -0.2) is 22.5 Å². The van der Waals surface area contributed by atoms with Crippen LogP contribution in [0.2, 0.25) is 0 Å². The van der Waals surface area contributed by atoms with Gasteiger partial charge in [-0.05, 0) is 29.8 Å². The minimum atomic E-state index is -3.52. The van der Waals surface area contributed by atoms with Crippen LogP contribution in [0.5, 0.6) is 0 Å². The van der Waals surface area contributed by atoms with Crippen molar-refractivity contribution in [1.29, 1.82) is 0 Å². The van der Waals surface area contributed by atoms with Crippen LogP contribution in [0.4, 0.5) is 4.39 Å². The molecule has 0 aliphatic heterocycles. The van der Waals surface area contributed by atoms with Crippen molar-refractivity contribution in [1.82, 2.24) is 15.0 Å². The minimum absolute atomic E-state index is 0.0354. The van der Waals surface area contributed by atoms with Crippen molar-refractivity contribution in [3.8, 4) is 10.6 Å². The first-order chi connectivity index (χ1) is 13.4. The largest absolute Gasteiger partial charge is 0.350 e. The number of rotatable bonds is 8. The van der Waals surface area contributed by atoms with Crippen LogP contribution in [0.15, 0.2) is 60.0 Å². The highest BCUT2D eigenvalue weighted by molar-refractivity contribution is 7.89. The maximum absolute atomic E-state index is 13.0. The first kappa shape index (κ1) is 20.1. The molecule has 0 saturated carbocycles. The highest BCUT2D eigenvalue weighted by atomic mass is 32.2. The zero-order valence-electron chi connectivity index (χ0n) is 14.8. The zero-order valence-corrected chi connectivity index (χ0v) is 16.4.